The van der Waals surface area contributed by atoms with Crippen molar-refractivity contribution >= 4 is 22.7 Å². The molecule has 0 aliphatic heterocycles. The van der Waals surface area contributed by atoms with E-state index in [2.05, 4.69) is 11.4 Å². The molecule has 0 saturated carbocycles. The van der Waals surface area contributed by atoms with Crippen LogP contribution in [0.15, 0.2) is 60.7 Å². The predicted molar refractivity (Wildman–Crippen MR) is 94.2 cm³/mol. The van der Waals surface area contributed by atoms with Crippen molar-refractivity contribution < 1.29 is 9.59 Å². The van der Waals surface area contributed by atoms with E-state index in [1.807, 2.05) is 59.2 Å². The van der Waals surface area contributed by atoms with Gasteiger partial charge in [-0.25, -0.2) is 0 Å². The van der Waals surface area contributed by atoms with Gasteiger partial charge in [-0.2, -0.15) is 0 Å². The van der Waals surface area contributed by atoms with E-state index in [9.17, 15) is 9.59 Å². The second kappa shape index (κ2) is 6.58. The number of amides is 2. The Labute approximate surface area is 140 Å². The van der Waals surface area contributed by atoms with E-state index in [0.29, 0.717) is 0 Å². The molecule has 0 bridgehead atoms. The first-order valence-corrected chi connectivity index (χ1v) is 7.78. The van der Waals surface area contributed by atoms with Crippen molar-refractivity contribution in [2.75, 3.05) is 0 Å². The number of rotatable bonds is 5. The van der Waals surface area contributed by atoms with E-state index in [4.69, 9.17) is 5.73 Å². The monoisotopic (exact) mass is 321 g/mol. The fourth-order valence-corrected chi connectivity index (χ4v) is 2.73. The lowest BCUT2D eigenvalue weighted by molar-refractivity contribution is -0.127. The van der Waals surface area contributed by atoms with Crippen LogP contribution in [-0.2, 0) is 16.1 Å². The van der Waals surface area contributed by atoms with Gasteiger partial charge in [0.05, 0.1) is 0 Å². The van der Waals surface area contributed by atoms with Gasteiger partial charge in [-0.15, -0.1) is 0 Å². The van der Waals surface area contributed by atoms with Gasteiger partial charge in [0.1, 0.15) is 12.6 Å². The van der Waals surface area contributed by atoms with Crippen LogP contribution in [0.3, 0.4) is 0 Å². The molecule has 1 heterocycles. The summed E-state index contributed by atoms with van der Waals surface area (Å²) in [5.41, 5.74) is 8.17. The molecule has 3 rings (SSSR count). The number of hydrogen-bond acceptors (Lipinski definition) is 2. The summed E-state index contributed by atoms with van der Waals surface area (Å²) in [7, 11) is 0. The molecule has 0 saturated heterocycles. The van der Waals surface area contributed by atoms with Gasteiger partial charge in [0, 0.05) is 16.6 Å². The highest BCUT2D eigenvalue weighted by Crippen LogP contribution is 2.28. The highest BCUT2D eigenvalue weighted by Gasteiger charge is 2.16. The van der Waals surface area contributed by atoms with Crippen LogP contribution < -0.4 is 11.1 Å². The molecule has 1 aromatic heterocycles. The van der Waals surface area contributed by atoms with Gasteiger partial charge in [0.25, 0.3) is 0 Å². The summed E-state index contributed by atoms with van der Waals surface area (Å²) in [5.74, 6) is -0.802. The zero-order valence-corrected chi connectivity index (χ0v) is 13.4. The van der Waals surface area contributed by atoms with Gasteiger partial charge in [-0.3, -0.25) is 9.59 Å². The first-order valence-electron chi connectivity index (χ1n) is 7.78. The lowest BCUT2D eigenvalue weighted by atomic mass is 10.1. The summed E-state index contributed by atoms with van der Waals surface area (Å²) in [6, 6.07) is 19.2. The molecule has 0 unspecified atom stereocenters. The molecule has 3 N–H and O–H groups in total. The van der Waals surface area contributed by atoms with Crippen LogP contribution >= 0.6 is 0 Å². The molecule has 5 heteroatoms. The highest BCUT2D eigenvalue weighted by molar-refractivity contribution is 5.90. The van der Waals surface area contributed by atoms with Crippen LogP contribution in [0.2, 0.25) is 0 Å². The van der Waals surface area contributed by atoms with Crippen molar-refractivity contribution in [2.45, 2.75) is 19.5 Å². The number of benzene rings is 2. The molecule has 3 aromatic rings. The fourth-order valence-electron chi connectivity index (χ4n) is 2.73. The Kier molecular flexibility index (Phi) is 4.33. The number of nitrogens with two attached hydrogens (primary N) is 1. The van der Waals surface area contributed by atoms with Crippen LogP contribution in [0.25, 0.3) is 22.2 Å². The number of primary amides is 1. The van der Waals surface area contributed by atoms with E-state index in [1.54, 1.807) is 6.92 Å². The number of aromatic nitrogens is 1. The van der Waals surface area contributed by atoms with Crippen molar-refractivity contribution in [1.29, 1.82) is 0 Å². The van der Waals surface area contributed by atoms with E-state index >= 15 is 0 Å². The molecular weight excluding hydrogens is 302 g/mol. The van der Waals surface area contributed by atoms with E-state index in [-0.39, 0.29) is 12.5 Å². The van der Waals surface area contributed by atoms with Crippen LogP contribution in [0, 0.1) is 0 Å². The quantitative estimate of drug-likeness (QED) is 0.756. The van der Waals surface area contributed by atoms with Crippen LogP contribution in [0.1, 0.15) is 6.92 Å². The number of nitrogens with zero attached hydrogens (tertiary/aromatic N) is 1. The zero-order valence-electron chi connectivity index (χ0n) is 13.4. The number of carbonyl (C=O) groups is 2. The first kappa shape index (κ1) is 15.8. The van der Waals surface area contributed by atoms with Gasteiger partial charge < -0.3 is 15.6 Å². The topological polar surface area (TPSA) is 77.1 Å². The third kappa shape index (κ3) is 3.15. The molecule has 2 amide bonds. The van der Waals surface area contributed by atoms with Crippen molar-refractivity contribution in [3.8, 4) is 11.3 Å². The molecule has 2 aromatic carbocycles. The first-order chi connectivity index (χ1) is 11.6. The minimum absolute atomic E-state index is 0.120. The number of nitrogens with one attached hydrogen (secondary N) is 1. The van der Waals surface area contributed by atoms with Crippen LogP contribution in [0.5, 0.6) is 0 Å². The van der Waals surface area contributed by atoms with Gasteiger partial charge in [0.15, 0.2) is 0 Å². The van der Waals surface area contributed by atoms with Gasteiger partial charge in [-0.1, -0.05) is 48.5 Å². The molecule has 1 atom stereocenters. The molecule has 5 nitrogen and oxygen atoms in total. The second-order valence-electron chi connectivity index (χ2n) is 5.73. The molecule has 0 fully saturated rings. The summed E-state index contributed by atoms with van der Waals surface area (Å²) in [4.78, 5) is 23.5. The second-order valence-corrected chi connectivity index (χ2v) is 5.73. The molecule has 122 valence electrons. The summed E-state index contributed by atoms with van der Waals surface area (Å²) in [5, 5.41) is 3.69. The summed E-state index contributed by atoms with van der Waals surface area (Å²) >= 11 is 0. The molecule has 24 heavy (non-hydrogen) atoms. The molecule has 0 aliphatic rings. The number of hydrogen-bond donors (Lipinski definition) is 2. The largest absolute Gasteiger partial charge is 0.368 e. The van der Waals surface area contributed by atoms with Crippen molar-refractivity contribution in [1.82, 2.24) is 9.88 Å². The summed E-state index contributed by atoms with van der Waals surface area (Å²) in [6.45, 7) is 1.70. The van der Waals surface area contributed by atoms with Crippen molar-refractivity contribution in [3.63, 3.8) is 0 Å². The Balaban J connectivity index is 1.99. The van der Waals surface area contributed by atoms with Crippen molar-refractivity contribution in [3.05, 3.63) is 60.7 Å². The lowest BCUT2D eigenvalue weighted by Crippen LogP contribution is -2.43. The molecule has 0 spiro atoms. The Morgan fingerprint density at radius 2 is 1.75 bits per heavy atom. The van der Waals surface area contributed by atoms with E-state index in [0.717, 1.165) is 22.2 Å². The predicted octanol–water partition coefficient (Wildman–Crippen LogP) is 2.30. The highest BCUT2D eigenvalue weighted by atomic mass is 16.2. The van der Waals surface area contributed by atoms with Crippen molar-refractivity contribution in [2.24, 2.45) is 5.73 Å². The van der Waals surface area contributed by atoms with Crippen LogP contribution in [0.4, 0.5) is 0 Å². The Morgan fingerprint density at radius 1 is 1.08 bits per heavy atom. The van der Waals surface area contributed by atoms with Crippen LogP contribution in [-0.4, -0.2) is 22.4 Å². The van der Waals surface area contributed by atoms with Gasteiger partial charge in [-0.05, 0) is 24.6 Å². The molecule has 0 radical (unpaired) electrons. The maximum atomic E-state index is 12.3. The minimum atomic E-state index is -0.695. The summed E-state index contributed by atoms with van der Waals surface area (Å²) in [6.07, 6.45) is 0. The Bertz CT molecular complexity index is 884. The van der Waals surface area contributed by atoms with Gasteiger partial charge in [0.2, 0.25) is 11.8 Å². The minimum Gasteiger partial charge on any atom is -0.368 e. The van der Waals surface area contributed by atoms with E-state index in [1.165, 1.54) is 0 Å². The summed E-state index contributed by atoms with van der Waals surface area (Å²) < 4.78 is 1.95. The smallest absolute Gasteiger partial charge is 0.240 e. The SMILES string of the molecule is C[C@H](NC(=O)Cn1c(-c2ccccc2)cc2ccccc21)C(N)=O. The molecule has 0 aliphatic carbocycles. The Morgan fingerprint density at radius 3 is 2.46 bits per heavy atom. The zero-order chi connectivity index (χ0) is 17.1. The third-order valence-electron chi connectivity index (χ3n) is 3.99. The standard InChI is InChI=1S/C19H19N3O2/c1-13(19(20)24)21-18(23)12-22-16-10-6-5-9-15(16)11-17(22)14-7-3-2-4-8-14/h2-11,13H,12H2,1H3,(H2,20,24)(H,21,23)/t13-/m0/s1. The number of para-hydroxylation sites is 1. The van der Waals surface area contributed by atoms with Gasteiger partial charge >= 0.3 is 0 Å². The normalized spacial score (nSPS) is 12.0. The van der Waals surface area contributed by atoms with E-state index < -0.39 is 11.9 Å². The maximum Gasteiger partial charge on any atom is 0.240 e. The fraction of sp³-hybridized carbons (Fsp3) is 0.158. The average molecular weight is 321 g/mol. The maximum absolute atomic E-state index is 12.3. The Hall–Kier alpha value is -3.08. The average Bonchev–Trinajstić information content (AvgIpc) is 2.94. The number of fused-ring (bicyclic) bond motifs is 1. The molecular formula is C19H19N3O2. The number of carbonyl (C=O) groups excluding carboxylic acids is 2. The third-order valence-corrected chi connectivity index (χ3v) is 3.99. The lowest BCUT2D eigenvalue weighted by Gasteiger charge is -2.14.